The van der Waals surface area contributed by atoms with Gasteiger partial charge in [-0.3, -0.25) is 9.59 Å². The van der Waals surface area contributed by atoms with Crippen molar-refractivity contribution in [2.24, 2.45) is 13.0 Å². The molecule has 8 heteroatoms. The van der Waals surface area contributed by atoms with Gasteiger partial charge in [0, 0.05) is 0 Å². The van der Waals surface area contributed by atoms with Gasteiger partial charge in [0.2, 0.25) is 11.8 Å². The number of amides is 2. The van der Waals surface area contributed by atoms with Gasteiger partial charge in [-0.05, 0) is 37.3 Å². The van der Waals surface area contributed by atoms with Crippen LogP contribution in [-0.4, -0.2) is 48.5 Å². The molecule has 1 aromatic rings. The molecule has 1 aliphatic heterocycles. The Hall–Kier alpha value is -1.99. The lowest BCUT2D eigenvalue weighted by Crippen LogP contribution is -2.69. The number of aryl methyl sites for hydroxylation is 1. The molecule has 2 unspecified atom stereocenters. The van der Waals surface area contributed by atoms with Gasteiger partial charge in [-0.2, -0.15) is 4.80 Å². The molecule has 0 bridgehead atoms. The van der Waals surface area contributed by atoms with E-state index in [4.69, 9.17) is 0 Å². The smallest absolute Gasteiger partial charge is 0.249 e. The molecule has 1 saturated heterocycles. The summed E-state index contributed by atoms with van der Waals surface area (Å²) in [7, 11) is 1.68. The molecule has 1 N–H and O–H groups in total. The van der Waals surface area contributed by atoms with Gasteiger partial charge >= 0.3 is 0 Å². The third kappa shape index (κ3) is 2.38. The van der Waals surface area contributed by atoms with E-state index in [2.05, 4.69) is 20.7 Å². The molecule has 114 valence electrons. The van der Waals surface area contributed by atoms with E-state index in [-0.39, 0.29) is 24.3 Å². The Balaban J connectivity index is 1.90. The van der Waals surface area contributed by atoms with Crippen LogP contribution in [0.3, 0.4) is 0 Å². The Morgan fingerprint density at radius 2 is 2.10 bits per heavy atom. The van der Waals surface area contributed by atoms with Gasteiger partial charge in [0.05, 0.1) is 13.6 Å². The number of carbonyl (C=O) groups is 2. The second-order valence-electron chi connectivity index (χ2n) is 6.09. The summed E-state index contributed by atoms with van der Waals surface area (Å²) in [4.78, 5) is 28.2. The molecule has 2 heterocycles. The first-order chi connectivity index (χ1) is 9.94. The Labute approximate surface area is 122 Å². The van der Waals surface area contributed by atoms with Crippen LogP contribution in [-0.2, 0) is 23.2 Å². The molecule has 1 aromatic heterocycles. The van der Waals surface area contributed by atoms with E-state index in [1.807, 2.05) is 6.92 Å². The number of nitrogens with one attached hydrogen (secondary N) is 1. The molecule has 2 atom stereocenters. The van der Waals surface area contributed by atoms with Crippen LogP contribution < -0.4 is 5.32 Å². The molecule has 0 spiro atoms. The maximum Gasteiger partial charge on any atom is 0.249 e. The second-order valence-corrected chi connectivity index (χ2v) is 6.09. The van der Waals surface area contributed by atoms with Crippen molar-refractivity contribution in [3.63, 3.8) is 0 Å². The SMILES string of the molecule is CCC1(C)NC(=O)C(C2CC2)N(Cc2nnn(C)n2)C1=O. The quantitative estimate of drug-likeness (QED) is 0.816. The highest BCUT2D eigenvalue weighted by molar-refractivity contribution is 5.99. The maximum atomic E-state index is 12.8. The van der Waals surface area contributed by atoms with E-state index in [0.29, 0.717) is 12.2 Å². The van der Waals surface area contributed by atoms with Crippen molar-refractivity contribution in [2.75, 3.05) is 0 Å². The van der Waals surface area contributed by atoms with Crippen LogP contribution in [0.4, 0.5) is 0 Å². The zero-order valence-corrected chi connectivity index (χ0v) is 12.5. The van der Waals surface area contributed by atoms with E-state index < -0.39 is 11.6 Å². The molecule has 8 nitrogen and oxygen atoms in total. The average molecular weight is 292 g/mol. The number of hydrogen-bond donors (Lipinski definition) is 1. The highest BCUT2D eigenvalue weighted by atomic mass is 16.2. The predicted molar refractivity (Wildman–Crippen MR) is 72.7 cm³/mol. The number of rotatable bonds is 4. The molecule has 0 radical (unpaired) electrons. The van der Waals surface area contributed by atoms with E-state index >= 15 is 0 Å². The normalized spacial score (nSPS) is 29.7. The largest absolute Gasteiger partial charge is 0.340 e. The lowest BCUT2D eigenvalue weighted by molar-refractivity contribution is -0.156. The van der Waals surface area contributed by atoms with Crippen molar-refractivity contribution >= 4 is 11.8 Å². The summed E-state index contributed by atoms with van der Waals surface area (Å²) >= 11 is 0. The second kappa shape index (κ2) is 4.78. The number of nitrogens with zero attached hydrogens (tertiary/aromatic N) is 5. The molecular weight excluding hydrogens is 272 g/mol. The van der Waals surface area contributed by atoms with Crippen molar-refractivity contribution in [1.29, 1.82) is 0 Å². The zero-order chi connectivity index (χ0) is 15.2. The van der Waals surface area contributed by atoms with Crippen LogP contribution in [0, 0.1) is 5.92 Å². The minimum atomic E-state index is -0.843. The monoisotopic (exact) mass is 292 g/mol. The standard InChI is InChI=1S/C13H20N6O2/c1-4-13(2)12(21)19(7-9-15-17-18(3)16-9)10(8-5-6-8)11(20)14-13/h8,10H,4-7H2,1-3H3,(H,14,20). The van der Waals surface area contributed by atoms with E-state index in [9.17, 15) is 9.59 Å². The summed E-state index contributed by atoms with van der Waals surface area (Å²) in [6.45, 7) is 3.90. The van der Waals surface area contributed by atoms with Crippen LogP contribution >= 0.6 is 0 Å². The van der Waals surface area contributed by atoms with Crippen LogP contribution in [0.15, 0.2) is 0 Å². The van der Waals surface area contributed by atoms with E-state index in [0.717, 1.165) is 12.8 Å². The van der Waals surface area contributed by atoms with Crippen molar-refractivity contribution in [3.8, 4) is 0 Å². The minimum Gasteiger partial charge on any atom is -0.340 e. The fourth-order valence-electron chi connectivity index (χ4n) is 2.81. The van der Waals surface area contributed by atoms with Crippen LogP contribution in [0.2, 0.25) is 0 Å². The number of carbonyl (C=O) groups excluding carboxylic acids is 2. The number of aromatic nitrogens is 4. The highest BCUT2D eigenvalue weighted by Crippen LogP contribution is 2.39. The fourth-order valence-corrected chi connectivity index (χ4v) is 2.81. The van der Waals surface area contributed by atoms with Crippen LogP contribution in [0.25, 0.3) is 0 Å². The Bertz CT molecular complexity index is 581. The van der Waals surface area contributed by atoms with Gasteiger partial charge in [0.1, 0.15) is 11.6 Å². The van der Waals surface area contributed by atoms with E-state index in [1.165, 1.54) is 4.80 Å². The van der Waals surface area contributed by atoms with Gasteiger partial charge in [-0.25, -0.2) is 0 Å². The van der Waals surface area contributed by atoms with Gasteiger partial charge in [0.25, 0.3) is 0 Å². The van der Waals surface area contributed by atoms with Crippen molar-refractivity contribution in [1.82, 2.24) is 30.4 Å². The minimum absolute atomic E-state index is 0.0612. The predicted octanol–water partition coefficient (Wildman–Crippen LogP) is -0.384. The van der Waals surface area contributed by atoms with Gasteiger partial charge < -0.3 is 10.2 Å². The molecule has 2 aliphatic rings. The Morgan fingerprint density at radius 3 is 2.62 bits per heavy atom. The van der Waals surface area contributed by atoms with Crippen LogP contribution in [0.1, 0.15) is 38.9 Å². The Morgan fingerprint density at radius 1 is 1.38 bits per heavy atom. The summed E-state index contributed by atoms with van der Waals surface area (Å²) in [6, 6.07) is -0.402. The van der Waals surface area contributed by atoms with Gasteiger partial charge in [-0.1, -0.05) is 6.92 Å². The summed E-state index contributed by atoms with van der Waals surface area (Å²) in [5, 5.41) is 14.7. The molecule has 2 fully saturated rings. The highest BCUT2D eigenvalue weighted by Gasteiger charge is 2.52. The summed E-state index contributed by atoms with van der Waals surface area (Å²) in [5.41, 5.74) is -0.843. The summed E-state index contributed by atoms with van der Waals surface area (Å²) in [6.07, 6.45) is 2.52. The number of piperazine rings is 1. The molecule has 1 saturated carbocycles. The molecule has 2 amide bonds. The molecular formula is C13H20N6O2. The lowest BCUT2D eigenvalue weighted by atomic mass is 9.90. The lowest BCUT2D eigenvalue weighted by Gasteiger charge is -2.43. The summed E-state index contributed by atoms with van der Waals surface area (Å²) < 4.78 is 0. The summed E-state index contributed by atoms with van der Waals surface area (Å²) in [5.74, 6) is 0.593. The average Bonchev–Trinajstić information content (AvgIpc) is 3.18. The van der Waals surface area contributed by atoms with Crippen molar-refractivity contribution in [2.45, 2.75) is 51.2 Å². The van der Waals surface area contributed by atoms with Gasteiger partial charge in [0.15, 0.2) is 5.82 Å². The van der Waals surface area contributed by atoms with E-state index in [1.54, 1.807) is 18.9 Å². The topological polar surface area (TPSA) is 93.0 Å². The number of tetrazole rings is 1. The first-order valence-electron chi connectivity index (χ1n) is 7.30. The van der Waals surface area contributed by atoms with Crippen LogP contribution in [0.5, 0.6) is 0 Å². The Kier molecular flexibility index (Phi) is 3.18. The molecule has 1 aliphatic carbocycles. The first kappa shape index (κ1) is 14.0. The first-order valence-corrected chi connectivity index (χ1v) is 7.30. The van der Waals surface area contributed by atoms with Crippen molar-refractivity contribution in [3.05, 3.63) is 5.82 Å². The molecule has 0 aromatic carbocycles. The third-order valence-electron chi connectivity index (χ3n) is 4.37. The molecule has 3 rings (SSSR count). The maximum absolute atomic E-state index is 12.8. The zero-order valence-electron chi connectivity index (χ0n) is 12.5. The van der Waals surface area contributed by atoms with Crippen molar-refractivity contribution < 1.29 is 9.59 Å². The third-order valence-corrected chi connectivity index (χ3v) is 4.37. The number of hydrogen-bond acceptors (Lipinski definition) is 5. The fraction of sp³-hybridized carbons (Fsp3) is 0.769. The molecule has 21 heavy (non-hydrogen) atoms. The van der Waals surface area contributed by atoms with Gasteiger partial charge in [-0.15, -0.1) is 10.2 Å².